The molecule has 2 amide bonds. The minimum atomic E-state index is -0.423. The van der Waals surface area contributed by atoms with E-state index in [9.17, 15) is 4.79 Å². The number of anilines is 2. The van der Waals surface area contributed by atoms with Gasteiger partial charge in [-0.25, -0.2) is 9.78 Å². The molecular weight excluding hydrogens is 365 g/mol. The third kappa shape index (κ3) is 3.28. The SMILES string of the molecule is O=C(Nc1ccc(Cl)c(Cl)c1)Nc1nc2c(Cl)cccc2s1. The van der Waals surface area contributed by atoms with Crippen LogP contribution >= 0.6 is 46.1 Å². The van der Waals surface area contributed by atoms with Crippen molar-refractivity contribution in [3.05, 3.63) is 51.5 Å². The highest BCUT2D eigenvalue weighted by atomic mass is 35.5. The lowest BCUT2D eigenvalue weighted by Gasteiger charge is -2.06. The van der Waals surface area contributed by atoms with Crippen molar-refractivity contribution in [1.82, 2.24) is 4.98 Å². The molecule has 112 valence electrons. The lowest BCUT2D eigenvalue weighted by atomic mass is 10.3. The van der Waals surface area contributed by atoms with Crippen LogP contribution in [-0.4, -0.2) is 11.0 Å². The molecule has 0 spiro atoms. The van der Waals surface area contributed by atoms with Crippen LogP contribution in [0, 0.1) is 0 Å². The predicted molar refractivity (Wildman–Crippen MR) is 93.7 cm³/mol. The Kier molecular flexibility index (Phi) is 4.40. The summed E-state index contributed by atoms with van der Waals surface area (Å²) in [5.74, 6) is 0. The summed E-state index contributed by atoms with van der Waals surface area (Å²) in [7, 11) is 0. The number of carbonyl (C=O) groups excluding carboxylic acids is 1. The van der Waals surface area contributed by atoms with Crippen molar-refractivity contribution in [2.45, 2.75) is 0 Å². The number of halogens is 3. The molecule has 1 heterocycles. The van der Waals surface area contributed by atoms with Crippen LogP contribution in [0.2, 0.25) is 15.1 Å². The molecule has 1 aromatic heterocycles. The van der Waals surface area contributed by atoms with E-state index in [2.05, 4.69) is 15.6 Å². The van der Waals surface area contributed by atoms with Crippen molar-refractivity contribution in [2.24, 2.45) is 0 Å². The first-order valence-corrected chi connectivity index (χ1v) is 8.06. The number of para-hydroxylation sites is 1. The highest BCUT2D eigenvalue weighted by molar-refractivity contribution is 7.22. The highest BCUT2D eigenvalue weighted by Gasteiger charge is 2.10. The number of hydrogen-bond donors (Lipinski definition) is 2. The Hall–Kier alpha value is -1.53. The molecule has 0 radical (unpaired) electrons. The first kappa shape index (κ1) is 15.4. The van der Waals surface area contributed by atoms with Gasteiger partial charge in [0, 0.05) is 5.69 Å². The maximum absolute atomic E-state index is 12.0. The maximum Gasteiger partial charge on any atom is 0.325 e. The third-order valence-corrected chi connectivity index (χ3v) is 4.75. The molecule has 0 aliphatic carbocycles. The number of nitrogens with zero attached hydrogens (tertiary/aromatic N) is 1. The van der Waals surface area contributed by atoms with E-state index in [-0.39, 0.29) is 0 Å². The van der Waals surface area contributed by atoms with E-state index in [0.29, 0.717) is 31.4 Å². The van der Waals surface area contributed by atoms with Gasteiger partial charge in [-0.3, -0.25) is 5.32 Å². The highest BCUT2D eigenvalue weighted by Crippen LogP contribution is 2.31. The fourth-order valence-electron chi connectivity index (χ4n) is 1.80. The first-order chi connectivity index (χ1) is 10.5. The second-order valence-electron chi connectivity index (χ2n) is 4.31. The third-order valence-electron chi connectivity index (χ3n) is 2.77. The molecule has 0 bridgehead atoms. The molecule has 0 atom stereocenters. The summed E-state index contributed by atoms with van der Waals surface area (Å²) in [6, 6.07) is 9.89. The number of amides is 2. The van der Waals surface area contributed by atoms with E-state index in [1.807, 2.05) is 12.1 Å². The molecular formula is C14H8Cl3N3OS. The Morgan fingerprint density at radius 3 is 2.55 bits per heavy atom. The Balaban J connectivity index is 1.75. The minimum absolute atomic E-state index is 0.367. The molecule has 22 heavy (non-hydrogen) atoms. The van der Waals surface area contributed by atoms with Gasteiger partial charge in [-0.1, -0.05) is 52.2 Å². The van der Waals surface area contributed by atoms with Gasteiger partial charge in [0.05, 0.1) is 19.8 Å². The van der Waals surface area contributed by atoms with Crippen LogP contribution in [0.4, 0.5) is 15.6 Å². The van der Waals surface area contributed by atoms with Crippen LogP contribution in [0.1, 0.15) is 0 Å². The zero-order chi connectivity index (χ0) is 15.7. The summed E-state index contributed by atoms with van der Waals surface area (Å²) in [6.07, 6.45) is 0. The fourth-order valence-corrected chi connectivity index (χ4v) is 3.26. The van der Waals surface area contributed by atoms with Gasteiger partial charge in [0.2, 0.25) is 0 Å². The zero-order valence-corrected chi connectivity index (χ0v) is 13.9. The molecule has 3 rings (SSSR count). The van der Waals surface area contributed by atoms with Gasteiger partial charge < -0.3 is 5.32 Å². The van der Waals surface area contributed by atoms with Crippen LogP contribution in [0.3, 0.4) is 0 Å². The van der Waals surface area contributed by atoms with Gasteiger partial charge in [0.25, 0.3) is 0 Å². The van der Waals surface area contributed by atoms with Crippen LogP contribution in [0.25, 0.3) is 10.2 Å². The van der Waals surface area contributed by atoms with Gasteiger partial charge in [0.1, 0.15) is 5.52 Å². The largest absolute Gasteiger partial charge is 0.325 e. The second-order valence-corrected chi connectivity index (χ2v) is 6.57. The van der Waals surface area contributed by atoms with Crippen LogP contribution in [-0.2, 0) is 0 Å². The Morgan fingerprint density at radius 1 is 1.00 bits per heavy atom. The Bertz CT molecular complexity index is 866. The topological polar surface area (TPSA) is 54.0 Å². The summed E-state index contributed by atoms with van der Waals surface area (Å²) in [5, 5.41) is 7.12. The number of hydrogen-bond acceptors (Lipinski definition) is 3. The molecule has 4 nitrogen and oxygen atoms in total. The number of thiazole rings is 1. The average Bonchev–Trinajstić information content (AvgIpc) is 2.87. The Labute approximate surface area is 145 Å². The number of rotatable bonds is 2. The van der Waals surface area contributed by atoms with E-state index in [4.69, 9.17) is 34.8 Å². The molecule has 0 saturated heterocycles. The van der Waals surface area contributed by atoms with E-state index < -0.39 is 6.03 Å². The lowest BCUT2D eigenvalue weighted by molar-refractivity contribution is 0.262. The standard InChI is InChI=1S/C14H8Cl3N3OS/c15-8-5-4-7(6-10(8)17)18-13(21)20-14-19-12-9(16)2-1-3-11(12)22-14/h1-6H,(H2,18,19,20,21). The molecule has 2 aromatic carbocycles. The second kappa shape index (κ2) is 6.30. The summed E-state index contributed by atoms with van der Waals surface area (Å²) < 4.78 is 0.900. The van der Waals surface area contributed by atoms with Crippen molar-refractivity contribution in [3.8, 4) is 0 Å². The molecule has 0 aliphatic rings. The monoisotopic (exact) mass is 371 g/mol. The van der Waals surface area contributed by atoms with Crippen molar-refractivity contribution in [2.75, 3.05) is 10.6 Å². The van der Waals surface area contributed by atoms with Gasteiger partial charge in [0.15, 0.2) is 5.13 Å². The smallest absolute Gasteiger partial charge is 0.308 e. The van der Waals surface area contributed by atoms with Crippen LogP contribution < -0.4 is 10.6 Å². The molecule has 2 N–H and O–H groups in total. The molecule has 3 aromatic rings. The Morgan fingerprint density at radius 2 is 1.82 bits per heavy atom. The zero-order valence-electron chi connectivity index (χ0n) is 10.9. The van der Waals surface area contributed by atoms with E-state index in [0.717, 1.165) is 4.70 Å². The minimum Gasteiger partial charge on any atom is -0.308 e. The summed E-state index contributed by atoms with van der Waals surface area (Å²) in [6.45, 7) is 0. The van der Waals surface area contributed by atoms with Gasteiger partial charge in [-0.15, -0.1) is 0 Å². The van der Waals surface area contributed by atoms with Crippen molar-refractivity contribution in [1.29, 1.82) is 0 Å². The molecule has 8 heteroatoms. The number of aromatic nitrogens is 1. The number of benzene rings is 2. The molecule has 0 saturated carbocycles. The average molecular weight is 373 g/mol. The lowest BCUT2D eigenvalue weighted by Crippen LogP contribution is -2.19. The number of fused-ring (bicyclic) bond motifs is 1. The number of nitrogens with one attached hydrogen (secondary N) is 2. The molecule has 0 fully saturated rings. The van der Waals surface area contributed by atoms with E-state index in [1.54, 1.807) is 24.3 Å². The first-order valence-electron chi connectivity index (χ1n) is 6.11. The van der Waals surface area contributed by atoms with Crippen LogP contribution in [0.5, 0.6) is 0 Å². The fraction of sp³-hybridized carbons (Fsp3) is 0. The van der Waals surface area contributed by atoms with E-state index in [1.165, 1.54) is 11.3 Å². The van der Waals surface area contributed by atoms with E-state index >= 15 is 0 Å². The predicted octanol–water partition coefficient (Wildman–Crippen LogP) is 5.90. The normalized spacial score (nSPS) is 10.7. The van der Waals surface area contributed by atoms with Crippen molar-refractivity contribution >= 4 is 73.2 Å². The summed E-state index contributed by atoms with van der Waals surface area (Å²) in [5.41, 5.74) is 1.20. The molecule has 0 aliphatic heterocycles. The quantitative estimate of drug-likeness (QED) is 0.588. The maximum atomic E-state index is 12.0. The summed E-state index contributed by atoms with van der Waals surface area (Å²) in [4.78, 5) is 16.3. The van der Waals surface area contributed by atoms with Crippen molar-refractivity contribution < 1.29 is 4.79 Å². The van der Waals surface area contributed by atoms with Crippen LogP contribution in [0.15, 0.2) is 36.4 Å². The summed E-state index contributed by atoms with van der Waals surface area (Å²) >= 11 is 19.1. The molecule has 0 unspecified atom stereocenters. The number of carbonyl (C=O) groups is 1. The van der Waals surface area contributed by atoms with Crippen molar-refractivity contribution in [3.63, 3.8) is 0 Å². The number of urea groups is 1. The van der Waals surface area contributed by atoms with Gasteiger partial charge >= 0.3 is 6.03 Å². The van der Waals surface area contributed by atoms with Gasteiger partial charge in [-0.05, 0) is 30.3 Å². The van der Waals surface area contributed by atoms with Gasteiger partial charge in [-0.2, -0.15) is 0 Å².